The molecule has 0 spiro atoms. The quantitative estimate of drug-likeness (QED) is 0.126. The third-order valence-electron chi connectivity index (χ3n) is 9.08. The van der Waals surface area contributed by atoms with E-state index < -0.39 is 23.1 Å². The molecule has 16 heteroatoms. The largest absolute Gasteiger partial charge is 0.508 e. The van der Waals surface area contributed by atoms with Crippen LogP contribution in [0.15, 0.2) is 0 Å². The van der Waals surface area contributed by atoms with Crippen LogP contribution in [0, 0.1) is 5.82 Å². The van der Waals surface area contributed by atoms with Crippen LogP contribution in [-0.2, 0) is 34.0 Å². The molecule has 2 heterocycles. The number of aldehydes is 1. The molecule has 4 N–H and O–H groups in total. The molecule has 218 valence electrons. The molecule has 2 aliphatic heterocycles. The lowest BCUT2D eigenvalue weighted by atomic mass is 9.71. The summed E-state index contributed by atoms with van der Waals surface area (Å²) in [6, 6.07) is 0. The van der Waals surface area contributed by atoms with Gasteiger partial charge in [0.1, 0.15) is 62.8 Å². The third-order valence-corrected chi connectivity index (χ3v) is 9.08. The van der Waals surface area contributed by atoms with E-state index in [9.17, 15) is 24.6 Å². The Kier molecular flexibility index (Phi) is 9.37. The van der Waals surface area contributed by atoms with E-state index in [1.54, 1.807) is 39.2 Å². The number of benzene rings is 2. The van der Waals surface area contributed by atoms with Gasteiger partial charge in [-0.1, -0.05) is 21.9 Å². The number of nitrogens with zero attached hydrogens (tertiary/aromatic N) is 2. The van der Waals surface area contributed by atoms with Gasteiger partial charge in [0.2, 0.25) is 5.91 Å². The number of nitrogens with one attached hydrogen (secondary N) is 2. The Bertz CT molecular complexity index is 1440. The van der Waals surface area contributed by atoms with Gasteiger partial charge in [0, 0.05) is 63.0 Å². The van der Waals surface area contributed by atoms with Crippen molar-refractivity contribution in [1.29, 1.82) is 0 Å². The highest BCUT2D eigenvalue weighted by atomic mass is 19.1. The van der Waals surface area contributed by atoms with Crippen molar-refractivity contribution in [3.05, 3.63) is 28.1 Å². The van der Waals surface area contributed by atoms with Crippen molar-refractivity contribution in [1.82, 2.24) is 15.1 Å². The number of rotatable bonds is 10. The summed E-state index contributed by atoms with van der Waals surface area (Å²) in [6.45, 7) is 2.87. The van der Waals surface area contributed by atoms with Gasteiger partial charge in [-0.2, -0.15) is 0 Å². The van der Waals surface area contributed by atoms with Crippen LogP contribution in [0.4, 0.5) is 10.1 Å². The SMILES string of the molecule is Bc1c(B)c(CN2CCOCC2)c(F)c(CNc2c(B)c(B)c(O)c3c2CN(C(B)(CCC=O)C(=O)NC)C3=O)c1O. The topological polar surface area (TPSA) is 131 Å². The second kappa shape index (κ2) is 12.5. The van der Waals surface area contributed by atoms with Gasteiger partial charge in [-0.3, -0.25) is 14.5 Å². The molecule has 0 aromatic heterocycles. The molecular formula is C26H36B5FN4O6. The number of likely N-dealkylation sites (N-methyl/N-ethyl adjacent to an activating group) is 1. The number of carbonyl (C=O) groups is 3. The fourth-order valence-electron chi connectivity index (χ4n) is 6.01. The second-order valence-electron chi connectivity index (χ2n) is 11.4. The molecule has 0 bridgehead atoms. The van der Waals surface area contributed by atoms with Crippen LogP contribution in [0.1, 0.15) is 39.9 Å². The number of ether oxygens (including phenoxy) is 1. The molecule has 0 saturated carbocycles. The predicted octanol–water partition coefficient (Wildman–Crippen LogP) is -6.27. The van der Waals surface area contributed by atoms with Crippen LogP contribution in [0.25, 0.3) is 0 Å². The van der Waals surface area contributed by atoms with E-state index in [1.807, 2.05) is 0 Å². The van der Waals surface area contributed by atoms with Gasteiger partial charge in [0.25, 0.3) is 5.91 Å². The smallest absolute Gasteiger partial charge is 0.258 e. The van der Waals surface area contributed by atoms with E-state index in [0.717, 1.165) is 0 Å². The summed E-state index contributed by atoms with van der Waals surface area (Å²) in [7, 11) is 10.1. The molecule has 1 saturated heterocycles. The first kappa shape index (κ1) is 31.6. The van der Waals surface area contributed by atoms with E-state index in [-0.39, 0.29) is 48.6 Å². The van der Waals surface area contributed by atoms with Crippen molar-refractivity contribution >= 4 is 84.9 Å². The summed E-state index contributed by atoms with van der Waals surface area (Å²) in [5.41, 5.74) is 2.78. The van der Waals surface area contributed by atoms with Crippen LogP contribution in [-0.4, -0.2) is 116 Å². The van der Waals surface area contributed by atoms with Gasteiger partial charge in [0.15, 0.2) is 0 Å². The van der Waals surface area contributed by atoms with Crippen molar-refractivity contribution in [3.63, 3.8) is 0 Å². The number of aromatic hydroxyl groups is 2. The van der Waals surface area contributed by atoms with Crippen LogP contribution >= 0.6 is 0 Å². The predicted molar refractivity (Wildman–Crippen MR) is 173 cm³/mol. The number of amides is 2. The van der Waals surface area contributed by atoms with Gasteiger partial charge >= 0.3 is 0 Å². The van der Waals surface area contributed by atoms with Crippen LogP contribution in [0.3, 0.4) is 0 Å². The van der Waals surface area contributed by atoms with Crippen molar-refractivity contribution in [2.75, 3.05) is 38.7 Å². The first-order chi connectivity index (χ1) is 19.9. The summed E-state index contributed by atoms with van der Waals surface area (Å²) < 4.78 is 21.5. The average Bonchev–Trinajstić information content (AvgIpc) is 3.34. The summed E-state index contributed by atoms with van der Waals surface area (Å²) >= 11 is 0. The lowest BCUT2D eigenvalue weighted by molar-refractivity contribution is -0.127. The lowest BCUT2D eigenvalue weighted by Crippen LogP contribution is -2.59. The van der Waals surface area contributed by atoms with Crippen LogP contribution in [0.5, 0.6) is 11.5 Å². The number of phenolic OH excluding ortho intramolecular Hbond substituents is 2. The Morgan fingerprint density at radius 1 is 1.07 bits per heavy atom. The number of phenols is 2. The third kappa shape index (κ3) is 5.42. The highest BCUT2D eigenvalue weighted by Crippen LogP contribution is 2.38. The van der Waals surface area contributed by atoms with Crippen molar-refractivity contribution in [3.8, 4) is 11.5 Å². The number of hydrogen-bond acceptors (Lipinski definition) is 8. The maximum atomic E-state index is 16.0. The summed E-state index contributed by atoms with van der Waals surface area (Å²) in [4.78, 5) is 41.4. The van der Waals surface area contributed by atoms with Gasteiger partial charge in [-0.15, -0.1) is 0 Å². The molecule has 2 aliphatic rings. The molecule has 10 nitrogen and oxygen atoms in total. The Hall–Kier alpha value is -3.38. The van der Waals surface area contributed by atoms with Crippen molar-refractivity contribution < 1.29 is 33.7 Å². The van der Waals surface area contributed by atoms with Gasteiger partial charge in [-0.05, 0) is 12.0 Å². The monoisotopic (exact) mass is 574 g/mol. The van der Waals surface area contributed by atoms with Gasteiger partial charge in [0.05, 0.1) is 24.2 Å². The maximum Gasteiger partial charge on any atom is 0.258 e. The molecule has 0 aliphatic carbocycles. The van der Waals surface area contributed by atoms with E-state index in [4.69, 9.17) is 4.74 Å². The zero-order chi connectivity index (χ0) is 30.9. The number of halogens is 1. The highest BCUT2D eigenvalue weighted by molar-refractivity contribution is 6.53. The van der Waals surface area contributed by atoms with E-state index >= 15 is 4.39 Å². The van der Waals surface area contributed by atoms with Gasteiger partial charge < -0.3 is 35.3 Å². The van der Waals surface area contributed by atoms with Crippen molar-refractivity contribution in [2.45, 2.75) is 37.9 Å². The molecule has 1 atom stereocenters. The number of hydrogen-bond donors (Lipinski definition) is 4. The van der Waals surface area contributed by atoms with E-state index in [0.29, 0.717) is 77.8 Å². The average molecular weight is 574 g/mol. The zero-order valence-electron chi connectivity index (χ0n) is 25.2. The fraction of sp³-hybridized carbons (Fsp3) is 0.423. The second-order valence-corrected chi connectivity index (χ2v) is 11.4. The molecular weight excluding hydrogens is 537 g/mol. The molecule has 42 heavy (non-hydrogen) atoms. The normalized spacial score (nSPS) is 16.6. The maximum absolute atomic E-state index is 16.0. The fourth-order valence-corrected chi connectivity index (χ4v) is 6.01. The minimum Gasteiger partial charge on any atom is -0.508 e. The molecule has 1 fully saturated rings. The summed E-state index contributed by atoms with van der Waals surface area (Å²) in [5, 5.41) is 27.9. The van der Waals surface area contributed by atoms with Crippen LogP contribution in [0.2, 0.25) is 0 Å². The Morgan fingerprint density at radius 3 is 2.33 bits per heavy atom. The summed E-state index contributed by atoms with van der Waals surface area (Å²) in [6.07, 6.45) is 0.869. The van der Waals surface area contributed by atoms with E-state index in [1.165, 1.54) is 11.9 Å². The molecule has 4 rings (SSSR count). The standard InChI is InChI=1S/C26H36B5FN4O6/c1-33-25(41)26(31,3-2-6-37)36-11-13-15(24(36)40)23(39)19(30)17(28)21(13)34-9-12-20(32)14(16(27)18(29)22(12)38)10-35-4-7-42-8-5-35/h6,34,38-39H,2-5,7-11,27-31H2,1H3,(H,33,41). The lowest BCUT2D eigenvalue weighted by Gasteiger charge is -2.37. The van der Waals surface area contributed by atoms with Crippen LogP contribution < -0.4 is 32.5 Å². The number of fused-ring (bicyclic) bond motifs is 1. The molecule has 2 amide bonds. The molecule has 1 unspecified atom stereocenters. The molecule has 2 aromatic carbocycles. The Labute approximate surface area is 249 Å². The summed E-state index contributed by atoms with van der Waals surface area (Å²) in [5.74, 6) is -1.75. The molecule has 0 radical (unpaired) electrons. The first-order valence-corrected chi connectivity index (χ1v) is 14.2. The minimum atomic E-state index is -1.34. The zero-order valence-corrected chi connectivity index (χ0v) is 25.2. The first-order valence-electron chi connectivity index (χ1n) is 14.2. The van der Waals surface area contributed by atoms with Crippen molar-refractivity contribution in [2.24, 2.45) is 0 Å². The Balaban J connectivity index is 1.73. The number of carbonyl (C=O) groups excluding carboxylic acids is 3. The highest BCUT2D eigenvalue weighted by Gasteiger charge is 2.47. The van der Waals surface area contributed by atoms with E-state index in [2.05, 4.69) is 15.5 Å². The number of morpholine rings is 1. The Morgan fingerprint density at radius 2 is 1.71 bits per heavy atom. The molecule has 2 aromatic rings. The minimum absolute atomic E-state index is 0.00235. The number of anilines is 1. The van der Waals surface area contributed by atoms with Gasteiger partial charge in [-0.25, -0.2) is 4.39 Å².